The maximum absolute atomic E-state index is 3.75. The first-order chi connectivity index (χ1) is 11.3. The summed E-state index contributed by atoms with van der Waals surface area (Å²) in [5.74, 6) is 0. The van der Waals surface area contributed by atoms with Crippen LogP contribution >= 0.6 is 31.9 Å². The SMILES string of the molecule is BrCCCCCCCCn1c2ccccc2c2cccc(Br)c21. The van der Waals surface area contributed by atoms with Gasteiger partial charge in [0.15, 0.2) is 0 Å². The summed E-state index contributed by atoms with van der Waals surface area (Å²) in [5, 5.41) is 3.86. The normalized spacial score (nSPS) is 11.6. The van der Waals surface area contributed by atoms with Gasteiger partial charge in [-0.1, -0.05) is 71.9 Å². The van der Waals surface area contributed by atoms with Crippen LogP contribution in [0.1, 0.15) is 38.5 Å². The van der Waals surface area contributed by atoms with Gasteiger partial charge in [-0.25, -0.2) is 0 Å². The van der Waals surface area contributed by atoms with Crippen LogP contribution in [0.15, 0.2) is 46.9 Å². The van der Waals surface area contributed by atoms with Gasteiger partial charge < -0.3 is 4.57 Å². The van der Waals surface area contributed by atoms with Crippen LogP contribution in [0.25, 0.3) is 21.8 Å². The third kappa shape index (κ3) is 3.83. The number of alkyl halides is 1. The zero-order valence-electron chi connectivity index (χ0n) is 13.4. The Balaban J connectivity index is 1.76. The molecule has 0 atom stereocenters. The van der Waals surface area contributed by atoms with Gasteiger partial charge in [-0.15, -0.1) is 0 Å². The molecule has 0 unspecified atom stereocenters. The van der Waals surface area contributed by atoms with E-state index in [1.165, 1.54) is 64.8 Å². The molecular formula is C20H23Br2N. The number of hydrogen-bond donors (Lipinski definition) is 0. The monoisotopic (exact) mass is 435 g/mol. The molecule has 0 aliphatic carbocycles. The van der Waals surface area contributed by atoms with Crippen molar-refractivity contribution in [1.82, 2.24) is 4.57 Å². The topological polar surface area (TPSA) is 4.93 Å². The average Bonchev–Trinajstić information content (AvgIpc) is 2.90. The van der Waals surface area contributed by atoms with E-state index in [4.69, 9.17) is 0 Å². The second-order valence-corrected chi connectivity index (χ2v) is 7.76. The van der Waals surface area contributed by atoms with Crippen molar-refractivity contribution in [2.75, 3.05) is 5.33 Å². The molecule has 0 saturated carbocycles. The zero-order chi connectivity index (χ0) is 16.1. The summed E-state index contributed by atoms with van der Waals surface area (Å²) in [6, 6.07) is 15.3. The Morgan fingerprint density at radius 1 is 0.739 bits per heavy atom. The highest BCUT2D eigenvalue weighted by molar-refractivity contribution is 9.10. The second kappa shape index (κ2) is 8.34. The Morgan fingerprint density at radius 3 is 2.26 bits per heavy atom. The van der Waals surface area contributed by atoms with Gasteiger partial charge in [0.25, 0.3) is 0 Å². The van der Waals surface area contributed by atoms with Crippen LogP contribution in [0, 0.1) is 0 Å². The van der Waals surface area contributed by atoms with Crippen LogP contribution in [0.3, 0.4) is 0 Å². The maximum atomic E-state index is 3.75. The van der Waals surface area contributed by atoms with Crippen molar-refractivity contribution in [2.45, 2.75) is 45.1 Å². The van der Waals surface area contributed by atoms with Crippen molar-refractivity contribution >= 4 is 53.7 Å². The van der Waals surface area contributed by atoms with Crippen LogP contribution in [-0.4, -0.2) is 9.90 Å². The number of halogens is 2. The molecule has 3 heteroatoms. The Labute approximate surface area is 155 Å². The smallest absolute Gasteiger partial charge is 0.0635 e. The standard InChI is InChI=1S/C20H23Br2N/c21-14-7-3-1-2-4-8-15-23-19-13-6-5-10-16(19)17-11-9-12-18(22)20(17)23/h5-6,9-13H,1-4,7-8,14-15H2. The van der Waals surface area contributed by atoms with E-state index in [0.717, 1.165) is 11.9 Å². The number of nitrogens with zero attached hydrogens (tertiary/aromatic N) is 1. The number of rotatable bonds is 8. The summed E-state index contributed by atoms with van der Waals surface area (Å²) in [6.07, 6.45) is 7.95. The minimum absolute atomic E-state index is 1.10. The Kier molecular flexibility index (Phi) is 6.18. The molecule has 122 valence electrons. The van der Waals surface area contributed by atoms with Gasteiger partial charge in [0, 0.05) is 32.6 Å². The highest BCUT2D eigenvalue weighted by Crippen LogP contribution is 2.33. The van der Waals surface area contributed by atoms with E-state index in [9.17, 15) is 0 Å². The van der Waals surface area contributed by atoms with Crippen LogP contribution in [0.5, 0.6) is 0 Å². The van der Waals surface area contributed by atoms with E-state index in [2.05, 4.69) is 78.9 Å². The van der Waals surface area contributed by atoms with Gasteiger partial charge in [-0.2, -0.15) is 0 Å². The lowest BCUT2D eigenvalue weighted by molar-refractivity contribution is 0.572. The van der Waals surface area contributed by atoms with Crippen molar-refractivity contribution in [3.8, 4) is 0 Å². The van der Waals surface area contributed by atoms with Gasteiger partial charge >= 0.3 is 0 Å². The summed E-state index contributed by atoms with van der Waals surface area (Å²) in [4.78, 5) is 0. The molecule has 0 amide bonds. The lowest BCUT2D eigenvalue weighted by atomic mass is 10.1. The number of unbranched alkanes of at least 4 members (excludes halogenated alkanes) is 5. The number of aromatic nitrogens is 1. The first-order valence-electron chi connectivity index (χ1n) is 8.54. The fourth-order valence-corrected chi connectivity index (χ4v) is 4.34. The minimum Gasteiger partial charge on any atom is -0.340 e. The lowest BCUT2D eigenvalue weighted by Crippen LogP contribution is -1.98. The number of para-hydroxylation sites is 2. The second-order valence-electron chi connectivity index (χ2n) is 6.12. The van der Waals surface area contributed by atoms with Crippen molar-refractivity contribution in [3.05, 3.63) is 46.9 Å². The van der Waals surface area contributed by atoms with Crippen LogP contribution in [0.4, 0.5) is 0 Å². The van der Waals surface area contributed by atoms with Crippen LogP contribution in [-0.2, 0) is 6.54 Å². The Morgan fingerprint density at radius 2 is 1.43 bits per heavy atom. The highest BCUT2D eigenvalue weighted by Gasteiger charge is 2.11. The molecule has 0 fully saturated rings. The van der Waals surface area contributed by atoms with Crippen molar-refractivity contribution in [1.29, 1.82) is 0 Å². The van der Waals surface area contributed by atoms with Crippen molar-refractivity contribution < 1.29 is 0 Å². The van der Waals surface area contributed by atoms with Gasteiger partial charge in [-0.05, 0) is 40.9 Å². The molecule has 3 aromatic rings. The summed E-state index contributed by atoms with van der Waals surface area (Å²) >= 11 is 7.25. The Bertz CT molecular complexity index is 776. The molecule has 0 N–H and O–H groups in total. The first-order valence-corrected chi connectivity index (χ1v) is 10.5. The molecular weight excluding hydrogens is 414 g/mol. The van der Waals surface area contributed by atoms with E-state index in [-0.39, 0.29) is 0 Å². The molecule has 2 aromatic carbocycles. The molecule has 0 aliphatic heterocycles. The van der Waals surface area contributed by atoms with Crippen molar-refractivity contribution in [2.24, 2.45) is 0 Å². The molecule has 23 heavy (non-hydrogen) atoms. The van der Waals surface area contributed by atoms with Crippen LogP contribution in [0.2, 0.25) is 0 Å². The van der Waals surface area contributed by atoms with Gasteiger partial charge in [0.2, 0.25) is 0 Å². The van der Waals surface area contributed by atoms with E-state index in [1.807, 2.05) is 0 Å². The van der Waals surface area contributed by atoms with E-state index in [0.29, 0.717) is 0 Å². The molecule has 0 spiro atoms. The number of benzene rings is 2. The minimum atomic E-state index is 1.10. The summed E-state index contributed by atoms with van der Waals surface area (Å²) in [5.41, 5.74) is 2.70. The van der Waals surface area contributed by atoms with E-state index in [1.54, 1.807) is 0 Å². The fourth-order valence-electron chi connectivity index (χ4n) is 3.37. The maximum Gasteiger partial charge on any atom is 0.0635 e. The predicted molar refractivity (Wildman–Crippen MR) is 109 cm³/mol. The lowest BCUT2D eigenvalue weighted by Gasteiger charge is -2.08. The zero-order valence-corrected chi connectivity index (χ0v) is 16.6. The number of aryl methyl sites for hydroxylation is 1. The van der Waals surface area contributed by atoms with E-state index >= 15 is 0 Å². The summed E-state index contributed by atoms with van der Waals surface area (Å²) in [6.45, 7) is 1.10. The molecule has 1 aromatic heterocycles. The third-order valence-corrected chi connectivity index (χ3v) is 5.71. The molecule has 1 heterocycles. The molecule has 0 radical (unpaired) electrons. The van der Waals surface area contributed by atoms with Gasteiger partial charge in [-0.3, -0.25) is 0 Å². The summed E-state index contributed by atoms with van der Waals surface area (Å²) < 4.78 is 3.69. The van der Waals surface area contributed by atoms with Crippen molar-refractivity contribution in [3.63, 3.8) is 0 Å². The molecule has 1 nitrogen and oxygen atoms in total. The molecule has 0 saturated heterocycles. The van der Waals surface area contributed by atoms with E-state index < -0.39 is 0 Å². The number of hydrogen-bond acceptors (Lipinski definition) is 0. The van der Waals surface area contributed by atoms with Gasteiger partial charge in [0.05, 0.1) is 5.52 Å². The highest BCUT2D eigenvalue weighted by atomic mass is 79.9. The largest absolute Gasteiger partial charge is 0.340 e. The first kappa shape index (κ1) is 17.0. The van der Waals surface area contributed by atoms with Gasteiger partial charge in [0.1, 0.15) is 0 Å². The predicted octanol–water partition coefficient (Wildman–Crippen LogP) is 7.29. The quantitative estimate of drug-likeness (QED) is 0.258. The molecule has 3 rings (SSSR count). The molecule has 0 bridgehead atoms. The average molecular weight is 437 g/mol. The Hall–Kier alpha value is -0.800. The molecule has 0 aliphatic rings. The fraction of sp³-hybridized carbons (Fsp3) is 0.400. The third-order valence-electron chi connectivity index (χ3n) is 4.51. The summed E-state index contributed by atoms with van der Waals surface area (Å²) in [7, 11) is 0. The number of fused-ring (bicyclic) bond motifs is 3. The van der Waals surface area contributed by atoms with Crippen LogP contribution < -0.4 is 0 Å².